The number of ether oxygens (including phenoxy) is 1. The molecule has 3 rings (SSSR count). The van der Waals surface area contributed by atoms with Gasteiger partial charge in [0.25, 0.3) is 0 Å². The minimum absolute atomic E-state index is 0.579. The minimum Gasteiger partial charge on any atom is -0.495 e. The first kappa shape index (κ1) is 12.8. The van der Waals surface area contributed by atoms with Crippen molar-refractivity contribution in [3.05, 3.63) is 48.2 Å². The van der Waals surface area contributed by atoms with Gasteiger partial charge in [0.05, 0.1) is 13.3 Å². The first-order valence-electron chi connectivity index (χ1n) is 6.88. The molecule has 1 fully saturated rings. The highest BCUT2D eigenvalue weighted by atomic mass is 16.5. The zero-order valence-corrected chi connectivity index (χ0v) is 11.6. The molecule has 0 unspecified atom stereocenters. The van der Waals surface area contributed by atoms with E-state index in [1.165, 1.54) is 12.8 Å². The van der Waals surface area contributed by atoms with Gasteiger partial charge in [0.2, 0.25) is 0 Å². The molecule has 104 valence electrons. The Bertz CT molecular complexity index is 579. The summed E-state index contributed by atoms with van der Waals surface area (Å²) in [5.74, 6) is 1.76. The minimum atomic E-state index is 0.579. The number of hydrogen-bond acceptors (Lipinski definition) is 4. The van der Waals surface area contributed by atoms with Gasteiger partial charge in [0.1, 0.15) is 11.6 Å². The Morgan fingerprint density at radius 2 is 2.05 bits per heavy atom. The van der Waals surface area contributed by atoms with Crippen molar-refractivity contribution in [1.82, 2.24) is 4.98 Å². The normalized spacial score (nSPS) is 14.1. The Labute approximate surface area is 119 Å². The zero-order valence-electron chi connectivity index (χ0n) is 11.6. The number of benzene rings is 1. The van der Waals surface area contributed by atoms with Crippen molar-refractivity contribution in [3.63, 3.8) is 0 Å². The van der Waals surface area contributed by atoms with Gasteiger partial charge in [-0.05, 0) is 36.6 Å². The lowest BCUT2D eigenvalue weighted by atomic mass is 10.1. The molecule has 1 saturated carbocycles. The molecule has 0 radical (unpaired) electrons. The van der Waals surface area contributed by atoms with Crippen LogP contribution in [0.5, 0.6) is 5.75 Å². The second-order valence-electron chi connectivity index (χ2n) is 5.11. The number of hydrogen-bond donors (Lipinski definition) is 1. The van der Waals surface area contributed by atoms with Crippen molar-refractivity contribution >= 4 is 11.5 Å². The molecule has 1 aromatic heterocycles. The second-order valence-corrected chi connectivity index (χ2v) is 5.11. The van der Waals surface area contributed by atoms with E-state index in [-0.39, 0.29) is 0 Å². The topological polar surface area (TPSA) is 51.4 Å². The van der Waals surface area contributed by atoms with Crippen molar-refractivity contribution in [3.8, 4) is 5.75 Å². The van der Waals surface area contributed by atoms with E-state index < -0.39 is 0 Å². The molecule has 2 aromatic rings. The Morgan fingerprint density at radius 1 is 1.25 bits per heavy atom. The Morgan fingerprint density at radius 3 is 2.65 bits per heavy atom. The van der Waals surface area contributed by atoms with Crippen LogP contribution in [0, 0.1) is 0 Å². The van der Waals surface area contributed by atoms with Crippen LogP contribution in [0.25, 0.3) is 0 Å². The van der Waals surface area contributed by atoms with E-state index in [1.807, 2.05) is 30.3 Å². The number of rotatable bonds is 5. The summed E-state index contributed by atoms with van der Waals surface area (Å²) in [5, 5.41) is 0. The van der Waals surface area contributed by atoms with Gasteiger partial charge < -0.3 is 15.4 Å². The molecule has 0 spiro atoms. The maximum atomic E-state index is 6.05. The molecule has 1 aromatic carbocycles. The third-order valence-corrected chi connectivity index (χ3v) is 3.63. The lowest BCUT2D eigenvalue weighted by Gasteiger charge is -2.24. The SMILES string of the molecule is COc1ccc(N(Cc2ccccc2N)C2CC2)nc1. The van der Waals surface area contributed by atoms with Crippen LogP contribution in [0.3, 0.4) is 0 Å². The standard InChI is InChI=1S/C16H19N3O/c1-20-14-8-9-16(18-10-14)19(13-6-7-13)11-12-4-2-3-5-15(12)17/h2-5,8-10,13H,6-7,11,17H2,1H3. The third-order valence-electron chi connectivity index (χ3n) is 3.63. The van der Waals surface area contributed by atoms with Gasteiger partial charge in [-0.1, -0.05) is 18.2 Å². The van der Waals surface area contributed by atoms with Crippen molar-refractivity contribution in [1.29, 1.82) is 0 Å². The Balaban J connectivity index is 1.83. The van der Waals surface area contributed by atoms with E-state index in [1.54, 1.807) is 13.3 Å². The van der Waals surface area contributed by atoms with Gasteiger partial charge >= 0.3 is 0 Å². The molecule has 1 aliphatic rings. The second kappa shape index (κ2) is 5.41. The van der Waals surface area contributed by atoms with Gasteiger partial charge in [0.15, 0.2) is 0 Å². The average Bonchev–Trinajstić information content (AvgIpc) is 3.31. The van der Waals surface area contributed by atoms with E-state index in [0.29, 0.717) is 6.04 Å². The zero-order chi connectivity index (χ0) is 13.9. The fraction of sp³-hybridized carbons (Fsp3) is 0.312. The summed E-state index contributed by atoms with van der Waals surface area (Å²) in [6, 6.07) is 12.6. The van der Waals surface area contributed by atoms with Crippen LogP contribution in [-0.2, 0) is 6.54 Å². The van der Waals surface area contributed by atoms with Gasteiger partial charge in [-0.15, -0.1) is 0 Å². The maximum Gasteiger partial charge on any atom is 0.137 e. The predicted octanol–water partition coefficient (Wildman–Crippen LogP) is 2.84. The van der Waals surface area contributed by atoms with Crippen LogP contribution in [-0.4, -0.2) is 18.1 Å². The molecule has 1 aliphatic carbocycles. The fourth-order valence-electron chi connectivity index (χ4n) is 2.31. The lowest BCUT2D eigenvalue weighted by Crippen LogP contribution is -2.26. The summed E-state index contributed by atoms with van der Waals surface area (Å²) in [6.07, 6.45) is 4.21. The molecule has 0 aliphatic heterocycles. The molecule has 1 heterocycles. The summed E-state index contributed by atoms with van der Waals surface area (Å²) in [6.45, 7) is 0.802. The van der Waals surface area contributed by atoms with Crippen LogP contribution in [0.15, 0.2) is 42.6 Å². The number of methoxy groups -OCH3 is 1. The van der Waals surface area contributed by atoms with Gasteiger partial charge in [-0.25, -0.2) is 4.98 Å². The van der Waals surface area contributed by atoms with Crippen LogP contribution < -0.4 is 15.4 Å². The summed E-state index contributed by atoms with van der Waals surface area (Å²) in [4.78, 5) is 6.82. The summed E-state index contributed by atoms with van der Waals surface area (Å²) < 4.78 is 5.16. The molecule has 20 heavy (non-hydrogen) atoms. The van der Waals surface area contributed by atoms with E-state index in [9.17, 15) is 0 Å². The first-order chi connectivity index (χ1) is 9.78. The maximum absolute atomic E-state index is 6.05. The molecule has 4 nitrogen and oxygen atoms in total. The number of nitrogens with zero attached hydrogens (tertiary/aromatic N) is 2. The summed E-state index contributed by atoms with van der Waals surface area (Å²) in [5.41, 5.74) is 8.04. The number of aromatic nitrogens is 1. The molecular weight excluding hydrogens is 250 g/mol. The fourth-order valence-corrected chi connectivity index (χ4v) is 2.31. The number of nitrogens with two attached hydrogens (primary N) is 1. The highest BCUT2D eigenvalue weighted by molar-refractivity contribution is 5.51. The molecule has 0 atom stereocenters. The Hall–Kier alpha value is -2.23. The van der Waals surface area contributed by atoms with Crippen LogP contribution in [0.2, 0.25) is 0 Å². The van der Waals surface area contributed by atoms with Crippen LogP contribution >= 0.6 is 0 Å². The van der Waals surface area contributed by atoms with Crippen molar-refractivity contribution < 1.29 is 4.74 Å². The monoisotopic (exact) mass is 269 g/mol. The summed E-state index contributed by atoms with van der Waals surface area (Å²) >= 11 is 0. The number of anilines is 2. The van der Waals surface area contributed by atoms with Crippen molar-refractivity contribution in [2.24, 2.45) is 0 Å². The van der Waals surface area contributed by atoms with E-state index in [0.717, 1.165) is 29.4 Å². The molecule has 4 heteroatoms. The summed E-state index contributed by atoms with van der Waals surface area (Å²) in [7, 11) is 1.65. The molecule has 0 saturated heterocycles. The van der Waals surface area contributed by atoms with Gasteiger partial charge in [-0.3, -0.25) is 0 Å². The number of pyridine rings is 1. The number of para-hydroxylation sites is 1. The molecule has 0 amide bonds. The highest BCUT2D eigenvalue weighted by Crippen LogP contribution is 2.33. The van der Waals surface area contributed by atoms with E-state index in [2.05, 4.69) is 16.0 Å². The van der Waals surface area contributed by atoms with Crippen molar-refractivity contribution in [2.75, 3.05) is 17.7 Å². The molecular formula is C16H19N3O. The van der Waals surface area contributed by atoms with Gasteiger partial charge in [-0.2, -0.15) is 0 Å². The Kier molecular flexibility index (Phi) is 3.46. The highest BCUT2D eigenvalue weighted by Gasteiger charge is 2.30. The van der Waals surface area contributed by atoms with Crippen molar-refractivity contribution in [2.45, 2.75) is 25.4 Å². The quantitative estimate of drug-likeness (QED) is 0.848. The van der Waals surface area contributed by atoms with Crippen LogP contribution in [0.1, 0.15) is 18.4 Å². The largest absolute Gasteiger partial charge is 0.495 e. The molecule has 0 bridgehead atoms. The van der Waals surface area contributed by atoms with E-state index >= 15 is 0 Å². The number of nitrogen functional groups attached to an aromatic ring is 1. The smallest absolute Gasteiger partial charge is 0.137 e. The van der Waals surface area contributed by atoms with Gasteiger partial charge in [0, 0.05) is 18.3 Å². The predicted molar refractivity (Wildman–Crippen MR) is 80.8 cm³/mol. The van der Waals surface area contributed by atoms with Crippen LogP contribution in [0.4, 0.5) is 11.5 Å². The average molecular weight is 269 g/mol. The van der Waals surface area contributed by atoms with E-state index in [4.69, 9.17) is 10.5 Å². The third kappa shape index (κ3) is 2.69. The lowest BCUT2D eigenvalue weighted by molar-refractivity contribution is 0.413. The molecule has 2 N–H and O–H groups in total. The first-order valence-corrected chi connectivity index (χ1v) is 6.88.